The van der Waals surface area contributed by atoms with E-state index in [1.807, 2.05) is 6.92 Å². The Morgan fingerprint density at radius 1 is 1.33 bits per heavy atom. The van der Waals surface area contributed by atoms with Crippen LogP contribution in [0.1, 0.15) is 32.6 Å². The molecule has 0 amide bonds. The van der Waals surface area contributed by atoms with Gasteiger partial charge in [-0.05, 0) is 30.9 Å². The molecule has 92 valence electrons. The molecule has 0 saturated heterocycles. The summed E-state index contributed by atoms with van der Waals surface area (Å²) in [5, 5.41) is 9.62. The van der Waals surface area contributed by atoms with E-state index in [4.69, 9.17) is 9.79 Å². The molecule has 0 aromatic carbocycles. The van der Waals surface area contributed by atoms with Crippen LogP contribution in [-0.2, 0) is 4.57 Å². The summed E-state index contributed by atoms with van der Waals surface area (Å²) in [7, 11) is -4.02. The van der Waals surface area contributed by atoms with Gasteiger partial charge in [0.2, 0.25) is 0 Å². The van der Waals surface area contributed by atoms with Crippen molar-refractivity contribution in [2.75, 3.05) is 11.9 Å². The van der Waals surface area contributed by atoms with Crippen molar-refractivity contribution in [2.24, 2.45) is 5.92 Å². The maximum absolute atomic E-state index is 10.9. The van der Waals surface area contributed by atoms with Crippen molar-refractivity contribution in [2.45, 2.75) is 38.7 Å². The summed E-state index contributed by atoms with van der Waals surface area (Å²) in [4.78, 5) is 17.7. The van der Waals surface area contributed by atoms with E-state index in [0.717, 1.165) is 18.6 Å². The lowest BCUT2D eigenvalue weighted by Crippen LogP contribution is -2.23. The molecule has 0 bridgehead atoms. The molecule has 0 aliphatic rings. The minimum Gasteiger partial charge on any atom is -0.393 e. The van der Waals surface area contributed by atoms with Gasteiger partial charge in [0, 0.05) is 0 Å². The van der Waals surface area contributed by atoms with E-state index in [0.29, 0.717) is 12.8 Å². The van der Waals surface area contributed by atoms with Gasteiger partial charge in [0.05, 0.1) is 12.3 Å². The Hall–Kier alpha value is 0.460. The number of thiol groups is 1. The van der Waals surface area contributed by atoms with Crippen molar-refractivity contribution in [1.29, 1.82) is 0 Å². The van der Waals surface area contributed by atoms with Gasteiger partial charge < -0.3 is 14.9 Å². The normalized spacial score (nSPS) is 16.3. The maximum atomic E-state index is 10.9. The molecule has 2 unspecified atom stereocenters. The first-order valence-corrected chi connectivity index (χ1v) is 7.67. The highest BCUT2D eigenvalue weighted by molar-refractivity contribution is 7.80. The quantitative estimate of drug-likeness (QED) is 0.302. The lowest BCUT2D eigenvalue weighted by molar-refractivity contribution is 0.105. The molecular formula is C9H21O4PS. The molecule has 0 heterocycles. The smallest absolute Gasteiger partial charge is 0.325 e. The van der Waals surface area contributed by atoms with Crippen LogP contribution >= 0.6 is 20.2 Å². The molecule has 0 aromatic heterocycles. The van der Waals surface area contributed by atoms with Crippen LogP contribution in [0.4, 0.5) is 0 Å². The second-order valence-corrected chi connectivity index (χ2v) is 5.94. The predicted molar refractivity (Wildman–Crippen MR) is 64.4 cm³/mol. The topological polar surface area (TPSA) is 77.8 Å². The third-order valence-electron chi connectivity index (χ3n) is 2.42. The largest absolute Gasteiger partial charge is 0.393 e. The molecule has 3 N–H and O–H groups in total. The number of hydrogen-bond donors (Lipinski definition) is 4. The Balaban J connectivity index is 4.13. The zero-order valence-corrected chi connectivity index (χ0v) is 10.8. The molecule has 0 radical (unpaired) electrons. The highest BCUT2D eigenvalue weighted by atomic mass is 32.1. The molecule has 0 fully saturated rings. The molecule has 0 aliphatic heterocycles. The molecule has 2 atom stereocenters. The molecule has 6 heteroatoms. The second-order valence-electron chi connectivity index (χ2n) is 3.80. The van der Waals surface area contributed by atoms with Crippen LogP contribution < -0.4 is 0 Å². The zero-order chi connectivity index (χ0) is 11.9. The van der Waals surface area contributed by atoms with E-state index >= 15 is 0 Å². The third kappa shape index (κ3) is 8.29. The molecule has 0 rings (SSSR count). The Bertz CT molecular complexity index is 206. The van der Waals surface area contributed by atoms with E-state index in [2.05, 4.69) is 12.6 Å². The summed E-state index contributed by atoms with van der Waals surface area (Å²) in [6, 6.07) is 0. The second kappa shape index (κ2) is 7.69. The minimum atomic E-state index is -4.02. The Morgan fingerprint density at radius 3 is 2.33 bits per heavy atom. The summed E-state index contributed by atoms with van der Waals surface area (Å²) in [6.45, 7) is 1.82. The summed E-state index contributed by atoms with van der Waals surface area (Å²) in [6.07, 6.45) is 2.13. The van der Waals surface area contributed by atoms with Gasteiger partial charge in [-0.1, -0.05) is 13.3 Å². The first-order valence-electron chi connectivity index (χ1n) is 5.24. The first kappa shape index (κ1) is 15.5. The molecule has 0 spiro atoms. The third-order valence-corrected chi connectivity index (χ3v) is 3.68. The monoisotopic (exact) mass is 256 g/mol. The summed E-state index contributed by atoms with van der Waals surface area (Å²) in [5.41, 5.74) is 0. The van der Waals surface area contributed by atoms with E-state index < -0.39 is 13.7 Å². The minimum absolute atomic E-state index is 0.214. The van der Waals surface area contributed by atoms with Gasteiger partial charge in [-0.3, -0.25) is 4.57 Å². The van der Waals surface area contributed by atoms with Crippen LogP contribution in [0.15, 0.2) is 0 Å². The number of rotatable bonds is 8. The summed E-state index contributed by atoms with van der Waals surface area (Å²) >= 11 is 4.07. The number of hydrogen-bond acceptors (Lipinski definition) is 3. The van der Waals surface area contributed by atoms with Crippen molar-refractivity contribution in [3.63, 3.8) is 0 Å². The van der Waals surface area contributed by atoms with Crippen LogP contribution in [0.25, 0.3) is 0 Å². The van der Waals surface area contributed by atoms with Crippen molar-refractivity contribution in [3.8, 4) is 0 Å². The first-order chi connectivity index (χ1) is 6.90. The van der Waals surface area contributed by atoms with Crippen LogP contribution in [0.2, 0.25) is 0 Å². The van der Waals surface area contributed by atoms with Gasteiger partial charge in [-0.15, -0.1) is 0 Å². The Morgan fingerprint density at radius 2 is 1.93 bits per heavy atom. The molecule has 0 aromatic rings. The van der Waals surface area contributed by atoms with Crippen molar-refractivity contribution in [1.82, 2.24) is 0 Å². The van der Waals surface area contributed by atoms with Crippen LogP contribution in [0, 0.1) is 5.92 Å². The van der Waals surface area contributed by atoms with Gasteiger partial charge >= 0.3 is 7.60 Å². The number of aliphatic hydroxyl groups is 1. The van der Waals surface area contributed by atoms with Crippen molar-refractivity contribution >= 4 is 20.2 Å². The highest BCUT2D eigenvalue weighted by Crippen LogP contribution is 2.39. The van der Waals surface area contributed by atoms with Gasteiger partial charge in [0.1, 0.15) is 0 Å². The molecule has 15 heavy (non-hydrogen) atoms. The fraction of sp³-hybridized carbons (Fsp3) is 1.00. The molecular weight excluding hydrogens is 235 g/mol. The zero-order valence-electron chi connectivity index (χ0n) is 9.04. The SMILES string of the molecule is CCC(O)C(CCCCS)CP(=O)(O)O. The molecule has 0 aliphatic carbocycles. The van der Waals surface area contributed by atoms with Crippen LogP contribution in [0.5, 0.6) is 0 Å². The van der Waals surface area contributed by atoms with Crippen LogP contribution in [-0.4, -0.2) is 32.9 Å². The number of unbranched alkanes of at least 4 members (excludes halogenated alkanes) is 1. The highest BCUT2D eigenvalue weighted by Gasteiger charge is 2.25. The lowest BCUT2D eigenvalue weighted by atomic mass is 9.96. The average molecular weight is 256 g/mol. The van der Waals surface area contributed by atoms with E-state index in [1.165, 1.54) is 0 Å². The number of aliphatic hydroxyl groups excluding tert-OH is 1. The van der Waals surface area contributed by atoms with Crippen molar-refractivity contribution in [3.05, 3.63) is 0 Å². The standard InChI is InChI=1S/C9H21O4PS/c1-2-9(10)8(5-3-4-6-15)7-14(11,12)13/h8-10,15H,2-7H2,1H3,(H2,11,12,13). The van der Waals surface area contributed by atoms with E-state index in [9.17, 15) is 9.67 Å². The van der Waals surface area contributed by atoms with Crippen molar-refractivity contribution < 1.29 is 19.5 Å². The summed E-state index contributed by atoms with van der Waals surface area (Å²) < 4.78 is 10.9. The average Bonchev–Trinajstić information content (AvgIpc) is 2.13. The fourth-order valence-corrected chi connectivity index (χ4v) is 2.82. The predicted octanol–water partition coefficient (Wildman–Crippen LogP) is 1.65. The van der Waals surface area contributed by atoms with Crippen LogP contribution in [0.3, 0.4) is 0 Å². The van der Waals surface area contributed by atoms with E-state index in [1.54, 1.807) is 0 Å². The molecule has 4 nitrogen and oxygen atoms in total. The maximum Gasteiger partial charge on any atom is 0.325 e. The van der Waals surface area contributed by atoms with Gasteiger partial charge in [-0.25, -0.2) is 0 Å². The van der Waals surface area contributed by atoms with E-state index in [-0.39, 0.29) is 12.1 Å². The van der Waals surface area contributed by atoms with Gasteiger partial charge in [0.15, 0.2) is 0 Å². The molecule has 0 saturated carbocycles. The lowest BCUT2D eigenvalue weighted by Gasteiger charge is -2.22. The summed E-state index contributed by atoms with van der Waals surface area (Å²) in [5.74, 6) is 0.473. The van der Waals surface area contributed by atoms with Gasteiger partial charge in [0.25, 0.3) is 0 Å². The fourth-order valence-electron chi connectivity index (χ4n) is 1.56. The Labute approximate surface area is 96.7 Å². The Kier molecular flexibility index (Phi) is 7.92. The van der Waals surface area contributed by atoms with Gasteiger partial charge in [-0.2, -0.15) is 12.6 Å².